The molecule has 2 aromatic rings. The number of likely N-dealkylation sites (N-methyl/N-ethyl adjacent to an activating group) is 1. The average Bonchev–Trinajstić information content (AvgIpc) is 2.73. The lowest BCUT2D eigenvalue weighted by Gasteiger charge is -2.14. The van der Waals surface area contributed by atoms with Gasteiger partial charge in [-0.05, 0) is 60.7 Å². The van der Waals surface area contributed by atoms with Crippen molar-refractivity contribution in [2.24, 2.45) is 4.99 Å². The SMILES string of the molecule is COc1ccc(CCNC(=NCC(=O)N(C)C)NCCc2ccc(F)cc2C)cc1. The van der Waals surface area contributed by atoms with Crippen molar-refractivity contribution in [2.45, 2.75) is 19.8 Å². The molecule has 2 N–H and O–H groups in total. The Morgan fingerprint density at radius 1 is 1.07 bits per heavy atom. The molecule has 0 aliphatic carbocycles. The number of rotatable bonds is 9. The molecule has 0 radical (unpaired) electrons. The number of hydrogen-bond acceptors (Lipinski definition) is 3. The molecule has 0 unspecified atom stereocenters. The average molecular weight is 415 g/mol. The number of carbonyl (C=O) groups excluding carboxylic acids is 1. The fourth-order valence-corrected chi connectivity index (χ4v) is 2.84. The number of aliphatic imine (C=N–C) groups is 1. The van der Waals surface area contributed by atoms with E-state index in [2.05, 4.69) is 15.6 Å². The number of hydrogen-bond donors (Lipinski definition) is 2. The zero-order valence-corrected chi connectivity index (χ0v) is 18.2. The second-order valence-electron chi connectivity index (χ2n) is 7.23. The minimum absolute atomic E-state index is 0.0689. The van der Waals surface area contributed by atoms with Crippen molar-refractivity contribution in [1.82, 2.24) is 15.5 Å². The summed E-state index contributed by atoms with van der Waals surface area (Å²) in [7, 11) is 5.06. The number of nitrogens with zero attached hydrogens (tertiary/aromatic N) is 2. The summed E-state index contributed by atoms with van der Waals surface area (Å²) in [5.74, 6) is 1.11. The lowest BCUT2D eigenvalue weighted by atomic mass is 10.1. The molecule has 0 saturated heterocycles. The van der Waals surface area contributed by atoms with E-state index in [1.807, 2.05) is 31.2 Å². The zero-order valence-electron chi connectivity index (χ0n) is 18.2. The van der Waals surface area contributed by atoms with Crippen LogP contribution in [0.1, 0.15) is 16.7 Å². The Labute approximate surface area is 178 Å². The summed E-state index contributed by atoms with van der Waals surface area (Å²) in [6, 6.07) is 12.7. The topological polar surface area (TPSA) is 66.0 Å². The summed E-state index contributed by atoms with van der Waals surface area (Å²) >= 11 is 0. The summed E-state index contributed by atoms with van der Waals surface area (Å²) < 4.78 is 18.5. The quantitative estimate of drug-likeness (QED) is 0.489. The van der Waals surface area contributed by atoms with Gasteiger partial charge in [0.15, 0.2) is 5.96 Å². The maximum Gasteiger partial charge on any atom is 0.243 e. The Hall–Kier alpha value is -3.09. The molecule has 0 fully saturated rings. The molecular weight excluding hydrogens is 383 g/mol. The second kappa shape index (κ2) is 11.8. The molecule has 0 atom stereocenters. The molecule has 0 bridgehead atoms. The highest BCUT2D eigenvalue weighted by Gasteiger charge is 2.06. The van der Waals surface area contributed by atoms with Gasteiger partial charge in [-0.3, -0.25) is 4.79 Å². The van der Waals surface area contributed by atoms with Gasteiger partial charge in [0.05, 0.1) is 7.11 Å². The molecule has 6 nitrogen and oxygen atoms in total. The van der Waals surface area contributed by atoms with Gasteiger partial charge in [-0.2, -0.15) is 0 Å². The van der Waals surface area contributed by atoms with Crippen molar-refractivity contribution < 1.29 is 13.9 Å². The number of halogens is 1. The van der Waals surface area contributed by atoms with Crippen LogP contribution in [0.15, 0.2) is 47.5 Å². The highest BCUT2D eigenvalue weighted by Crippen LogP contribution is 2.11. The monoisotopic (exact) mass is 414 g/mol. The number of carbonyl (C=O) groups is 1. The van der Waals surface area contributed by atoms with E-state index in [9.17, 15) is 9.18 Å². The smallest absolute Gasteiger partial charge is 0.243 e. The Morgan fingerprint density at radius 3 is 2.33 bits per heavy atom. The number of guanidine groups is 1. The molecular formula is C23H31FN4O2. The van der Waals surface area contributed by atoms with Gasteiger partial charge in [-0.15, -0.1) is 0 Å². The first-order chi connectivity index (χ1) is 14.4. The van der Waals surface area contributed by atoms with Crippen LogP contribution in [0.3, 0.4) is 0 Å². The standard InChI is InChI=1S/C23H31FN4O2/c1-17-15-20(24)8-7-19(17)12-14-26-23(27-16-22(29)28(2)3)25-13-11-18-5-9-21(30-4)10-6-18/h5-10,15H,11-14,16H2,1-4H3,(H2,25,26,27). The van der Waals surface area contributed by atoms with Gasteiger partial charge in [0, 0.05) is 27.2 Å². The van der Waals surface area contributed by atoms with Crippen LogP contribution < -0.4 is 15.4 Å². The van der Waals surface area contributed by atoms with E-state index < -0.39 is 0 Å². The Balaban J connectivity index is 1.91. The second-order valence-corrected chi connectivity index (χ2v) is 7.23. The van der Waals surface area contributed by atoms with E-state index in [1.54, 1.807) is 27.3 Å². The zero-order chi connectivity index (χ0) is 21.9. The third kappa shape index (κ3) is 7.73. The van der Waals surface area contributed by atoms with Crippen molar-refractivity contribution >= 4 is 11.9 Å². The van der Waals surface area contributed by atoms with Crippen molar-refractivity contribution in [3.05, 3.63) is 65.0 Å². The van der Waals surface area contributed by atoms with Crippen LogP contribution in [-0.4, -0.2) is 57.6 Å². The molecule has 0 aromatic heterocycles. The van der Waals surface area contributed by atoms with E-state index in [0.29, 0.717) is 19.0 Å². The number of methoxy groups -OCH3 is 1. The van der Waals surface area contributed by atoms with Crippen molar-refractivity contribution in [2.75, 3.05) is 40.8 Å². The Bertz CT molecular complexity index is 851. The minimum atomic E-state index is -0.228. The van der Waals surface area contributed by atoms with Crippen molar-refractivity contribution in [3.63, 3.8) is 0 Å². The van der Waals surface area contributed by atoms with Crippen molar-refractivity contribution in [1.29, 1.82) is 0 Å². The first-order valence-electron chi connectivity index (χ1n) is 9.99. The Kier molecular flexibility index (Phi) is 9.12. The van der Waals surface area contributed by atoms with E-state index in [4.69, 9.17) is 4.74 Å². The van der Waals surface area contributed by atoms with Gasteiger partial charge >= 0.3 is 0 Å². The fraction of sp³-hybridized carbons (Fsp3) is 0.391. The maximum absolute atomic E-state index is 13.3. The van der Waals surface area contributed by atoms with E-state index in [1.165, 1.54) is 22.6 Å². The lowest BCUT2D eigenvalue weighted by Crippen LogP contribution is -2.40. The van der Waals surface area contributed by atoms with Gasteiger partial charge in [-0.1, -0.05) is 18.2 Å². The molecule has 2 aromatic carbocycles. The Morgan fingerprint density at radius 2 is 1.73 bits per heavy atom. The third-order valence-electron chi connectivity index (χ3n) is 4.73. The first kappa shape index (κ1) is 23.2. The highest BCUT2D eigenvalue weighted by molar-refractivity contribution is 5.84. The van der Waals surface area contributed by atoms with Crippen LogP contribution in [0.4, 0.5) is 4.39 Å². The molecule has 7 heteroatoms. The summed E-state index contributed by atoms with van der Waals surface area (Å²) in [6.45, 7) is 3.26. The van der Waals surface area contributed by atoms with E-state index >= 15 is 0 Å². The molecule has 0 spiro atoms. The van der Waals surface area contributed by atoms with Crippen LogP contribution in [0.5, 0.6) is 5.75 Å². The molecule has 2 rings (SSSR count). The predicted octanol–water partition coefficient (Wildman–Crippen LogP) is 2.55. The van der Waals surface area contributed by atoms with Crippen LogP contribution in [-0.2, 0) is 17.6 Å². The summed E-state index contributed by atoms with van der Waals surface area (Å²) in [6.07, 6.45) is 1.54. The van der Waals surface area contributed by atoms with Gasteiger partial charge in [0.2, 0.25) is 5.91 Å². The summed E-state index contributed by atoms with van der Waals surface area (Å²) in [5.41, 5.74) is 3.17. The van der Waals surface area contributed by atoms with E-state index in [0.717, 1.165) is 29.7 Å². The molecule has 0 aliphatic rings. The highest BCUT2D eigenvalue weighted by atomic mass is 19.1. The third-order valence-corrected chi connectivity index (χ3v) is 4.73. The van der Waals surface area contributed by atoms with Gasteiger partial charge in [0.25, 0.3) is 0 Å². The molecule has 162 valence electrons. The number of ether oxygens (including phenoxy) is 1. The predicted molar refractivity (Wildman–Crippen MR) is 119 cm³/mol. The molecule has 0 aliphatic heterocycles. The van der Waals surface area contributed by atoms with Crippen LogP contribution in [0.25, 0.3) is 0 Å². The van der Waals surface area contributed by atoms with Gasteiger partial charge in [-0.25, -0.2) is 9.38 Å². The first-order valence-corrected chi connectivity index (χ1v) is 9.99. The number of amides is 1. The normalized spacial score (nSPS) is 11.2. The summed E-state index contributed by atoms with van der Waals surface area (Å²) in [5, 5.41) is 6.54. The maximum atomic E-state index is 13.3. The largest absolute Gasteiger partial charge is 0.497 e. The number of nitrogens with one attached hydrogen (secondary N) is 2. The molecule has 30 heavy (non-hydrogen) atoms. The van der Waals surface area contributed by atoms with Crippen LogP contribution in [0, 0.1) is 12.7 Å². The number of benzene rings is 2. The summed E-state index contributed by atoms with van der Waals surface area (Å²) in [4.78, 5) is 17.8. The van der Waals surface area contributed by atoms with E-state index in [-0.39, 0.29) is 18.3 Å². The fourth-order valence-electron chi connectivity index (χ4n) is 2.84. The van der Waals surface area contributed by atoms with Crippen LogP contribution in [0.2, 0.25) is 0 Å². The van der Waals surface area contributed by atoms with Gasteiger partial charge in [0.1, 0.15) is 18.1 Å². The molecule has 1 amide bonds. The lowest BCUT2D eigenvalue weighted by molar-refractivity contribution is -0.127. The molecule has 0 saturated carbocycles. The van der Waals surface area contributed by atoms with Crippen LogP contribution >= 0.6 is 0 Å². The van der Waals surface area contributed by atoms with Gasteiger partial charge < -0.3 is 20.3 Å². The van der Waals surface area contributed by atoms with Crippen molar-refractivity contribution in [3.8, 4) is 5.75 Å². The molecule has 0 heterocycles. The number of aryl methyl sites for hydroxylation is 1. The minimum Gasteiger partial charge on any atom is -0.497 e.